The first-order valence-corrected chi connectivity index (χ1v) is 12.8. The Balaban J connectivity index is 1.75. The first-order valence-electron chi connectivity index (χ1n) is 9.91. The molecule has 2 rings (SSSR count). The molecule has 0 aliphatic heterocycles. The molecule has 3 heteroatoms. The van der Waals surface area contributed by atoms with Gasteiger partial charge < -0.3 is 4.43 Å². The molecule has 0 aromatic heterocycles. The molecule has 1 aromatic rings. The van der Waals surface area contributed by atoms with Gasteiger partial charge in [0.25, 0.3) is 0 Å². The summed E-state index contributed by atoms with van der Waals surface area (Å²) in [6, 6.07) is 10.8. The highest BCUT2D eigenvalue weighted by Gasteiger charge is 2.37. The topological polar surface area (TPSA) is 21.6 Å². The van der Waals surface area contributed by atoms with E-state index in [1.807, 2.05) is 0 Å². The van der Waals surface area contributed by atoms with E-state index in [1.165, 1.54) is 31.2 Å². The van der Waals surface area contributed by atoms with Crippen LogP contribution in [-0.2, 0) is 4.43 Å². The zero-order valence-corrected chi connectivity index (χ0v) is 18.1. The number of hydrogen-bond acceptors (Lipinski definition) is 2. The Morgan fingerprint density at radius 2 is 1.72 bits per heavy atom. The molecule has 1 fully saturated rings. The predicted octanol–water partition coefficient (Wildman–Crippen LogP) is 6.65. The van der Waals surface area contributed by atoms with Gasteiger partial charge in [0.2, 0.25) is 0 Å². The van der Waals surface area contributed by atoms with E-state index in [4.69, 9.17) is 9.42 Å². The molecule has 0 spiro atoms. The van der Waals surface area contributed by atoms with Crippen LogP contribution in [0.4, 0.5) is 0 Å². The number of aliphatic imine (C=N–C) groups is 1. The quantitative estimate of drug-likeness (QED) is 0.412. The lowest BCUT2D eigenvalue weighted by Gasteiger charge is -2.38. The lowest BCUT2D eigenvalue weighted by molar-refractivity contribution is 0.185. The van der Waals surface area contributed by atoms with Crippen LogP contribution >= 0.6 is 0 Å². The van der Waals surface area contributed by atoms with Crippen molar-refractivity contribution in [2.24, 2.45) is 16.8 Å². The summed E-state index contributed by atoms with van der Waals surface area (Å²) in [7, 11) is -1.60. The molecule has 0 bridgehead atoms. The van der Waals surface area contributed by atoms with Crippen LogP contribution in [0.25, 0.3) is 0 Å². The van der Waals surface area contributed by atoms with Gasteiger partial charge in [-0.05, 0) is 68.1 Å². The Bertz CT molecular complexity index is 539. The molecule has 25 heavy (non-hydrogen) atoms. The van der Waals surface area contributed by atoms with Crippen LogP contribution in [-0.4, -0.2) is 21.1 Å². The summed E-state index contributed by atoms with van der Waals surface area (Å²) in [5.74, 6) is 1.39. The minimum absolute atomic E-state index is 0.265. The van der Waals surface area contributed by atoms with E-state index < -0.39 is 8.32 Å². The van der Waals surface area contributed by atoms with Crippen molar-refractivity contribution in [3.63, 3.8) is 0 Å². The van der Waals surface area contributed by atoms with Gasteiger partial charge in [0.1, 0.15) is 0 Å². The zero-order valence-electron chi connectivity index (χ0n) is 17.1. The average molecular weight is 360 g/mol. The Hall–Kier alpha value is -0.933. The Morgan fingerprint density at radius 1 is 1.12 bits per heavy atom. The molecule has 1 saturated carbocycles. The fourth-order valence-electron chi connectivity index (χ4n) is 3.12. The van der Waals surface area contributed by atoms with Crippen LogP contribution in [0.1, 0.15) is 65.0 Å². The van der Waals surface area contributed by atoms with Gasteiger partial charge >= 0.3 is 0 Å². The maximum atomic E-state index is 6.43. The van der Waals surface area contributed by atoms with Crippen LogP contribution < -0.4 is 0 Å². The highest BCUT2D eigenvalue weighted by atomic mass is 28.4. The standard InChI is InChI=1S/C22H37NOSi/c1-18(21-10-8-7-9-11-21)23-16-19-12-14-20(15-13-19)17-24-25(5,6)22(2,3)4/h7-11,16,18-20H,12-15,17H2,1-6H3/t18-,19?,20?/m0/s1. The van der Waals surface area contributed by atoms with Crippen molar-refractivity contribution < 1.29 is 4.43 Å². The van der Waals surface area contributed by atoms with Crippen LogP contribution in [0.2, 0.25) is 18.1 Å². The van der Waals surface area contributed by atoms with Crippen molar-refractivity contribution in [2.75, 3.05) is 6.61 Å². The smallest absolute Gasteiger partial charge is 0.191 e. The largest absolute Gasteiger partial charge is 0.417 e. The molecule has 0 heterocycles. The molecule has 1 atom stereocenters. The normalized spacial score (nSPS) is 23.8. The van der Waals surface area contributed by atoms with E-state index in [9.17, 15) is 0 Å². The third-order valence-electron chi connectivity index (χ3n) is 6.18. The maximum Gasteiger partial charge on any atom is 0.191 e. The summed E-state index contributed by atoms with van der Waals surface area (Å²) in [5, 5.41) is 0.310. The summed E-state index contributed by atoms with van der Waals surface area (Å²) in [5.41, 5.74) is 1.30. The van der Waals surface area contributed by atoms with Gasteiger partial charge in [-0.15, -0.1) is 0 Å². The zero-order chi connectivity index (χ0) is 18.5. The average Bonchev–Trinajstić information content (AvgIpc) is 2.58. The summed E-state index contributed by atoms with van der Waals surface area (Å²) < 4.78 is 6.43. The van der Waals surface area contributed by atoms with Crippen LogP contribution in [0, 0.1) is 11.8 Å². The molecule has 0 saturated heterocycles. The molecule has 2 nitrogen and oxygen atoms in total. The van der Waals surface area contributed by atoms with Crippen molar-refractivity contribution in [1.29, 1.82) is 0 Å². The first-order chi connectivity index (χ1) is 11.7. The van der Waals surface area contributed by atoms with Crippen molar-refractivity contribution in [2.45, 2.75) is 77.6 Å². The van der Waals surface area contributed by atoms with E-state index in [1.54, 1.807) is 0 Å². The lowest BCUT2D eigenvalue weighted by atomic mass is 9.83. The van der Waals surface area contributed by atoms with E-state index in [2.05, 4.69) is 77.3 Å². The van der Waals surface area contributed by atoms with Gasteiger partial charge in [-0.3, -0.25) is 4.99 Å². The number of nitrogens with zero attached hydrogens (tertiary/aromatic N) is 1. The third-order valence-corrected chi connectivity index (χ3v) is 10.7. The first kappa shape index (κ1) is 20.4. The number of benzene rings is 1. The molecule has 0 radical (unpaired) electrons. The van der Waals surface area contributed by atoms with Crippen molar-refractivity contribution >= 4 is 14.5 Å². The minimum Gasteiger partial charge on any atom is -0.417 e. The highest BCUT2D eigenvalue weighted by Crippen LogP contribution is 2.38. The monoisotopic (exact) mass is 359 g/mol. The van der Waals surface area contributed by atoms with Crippen molar-refractivity contribution in [1.82, 2.24) is 0 Å². The fraction of sp³-hybridized carbons (Fsp3) is 0.682. The second-order valence-electron chi connectivity index (χ2n) is 9.24. The van der Waals surface area contributed by atoms with E-state index in [0.717, 1.165) is 12.5 Å². The summed E-state index contributed by atoms with van der Waals surface area (Å²) >= 11 is 0. The summed E-state index contributed by atoms with van der Waals surface area (Å²) in [4.78, 5) is 4.81. The molecule has 1 aliphatic rings. The van der Waals surface area contributed by atoms with Crippen molar-refractivity contribution in [3.8, 4) is 0 Å². The number of rotatable bonds is 6. The van der Waals surface area contributed by atoms with Gasteiger partial charge in [0.15, 0.2) is 8.32 Å². The molecule has 1 aliphatic carbocycles. The molecule has 140 valence electrons. The van der Waals surface area contributed by atoms with Crippen molar-refractivity contribution in [3.05, 3.63) is 35.9 Å². The second-order valence-corrected chi connectivity index (χ2v) is 14.0. The van der Waals surface area contributed by atoms with E-state index in [0.29, 0.717) is 11.0 Å². The van der Waals surface area contributed by atoms with Crippen LogP contribution in [0.15, 0.2) is 35.3 Å². The molecular formula is C22H37NOSi. The Labute approximate surface area is 156 Å². The van der Waals surface area contributed by atoms with Gasteiger partial charge in [0, 0.05) is 12.8 Å². The minimum atomic E-state index is -1.60. The molecule has 0 amide bonds. The van der Waals surface area contributed by atoms with E-state index >= 15 is 0 Å². The Morgan fingerprint density at radius 3 is 2.28 bits per heavy atom. The maximum absolute atomic E-state index is 6.43. The number of hydrogen-bond donors (Lipinski definition) is 0. The second kappa shape index (κ2) is 8.63. The summed E-state index contributed by atoms with van der Waals surface area (Å²) in [6.45, 7) is 14.8. The SMILES string of the molecule is C[C@H](N=CC1CCC(CO[Si](C)(C)C(C)(C)C)CC1)c1ccccc1. The molecular weight excluding hydrogens is 322 g/mol. The van der Waals surface area contributed by atoms with E-state index in [-0.39, 0.29) is 6.04 Å². The van der Waals surface area contributed by atoms with Crippen LogP contribution in [0.3, 0.4) is 0 Å². The lowest BCUT2D eigenvalue weighted by Crippen LogP contribution is -2.42. The molecule has 0 N–H and O–H groups in total. The predicted molar refractivity (Wildman–Crippen MR) is 112 cm³/mol. The van der Waals surface area contributed by atoms with Crippen LogP contribution in [0.5, 0.6) is 0 Å². The van der Waals surface area contributed by atoms with Gasteiger partial charge in [-0.25, -0.2) is 0 Å². The van der Waals surface area contributed by atoms with Gasteiger partial charge in [-0.1, -0.05) is 51.1 Å². The third kappa shape index (κ3) is 6.07. The molecule has 0 unspecified atom stereocenters. The summed E-state index contributed by atoms with van der Waals surface area (Å²) in [6.07, 6.45) is 7.31. The van der Waals surface area contributed by atoms with Gasteiger partial charge in [-0.2, -0.15) is 0 Å². The Kier molecular flexibility index (Phi) is 7.04. The fourth-order valence-corrected chi connectivity index (χ4v) is 4.20. The molecule has 1 aromatic carbocycles. The van der Waals surface area contributed by atoms with Gasteiger partial charge in [0.05, 0.1) is 6.04 Å². The highest BCUT2D eigenvalue weighted by molar-refractivity contribution is 6.74.